The smallest absolute Gasteiger partial charge is 0.326 e. The average molecular weight is 241 g/mol. The van der Waals surface area contributed by atoms with Crippen molar-refractivity contribution in [1.82, 2.24) is 5.48 Å². The molecule has 86 valence electrons. The molecule has 0 amide bonds. The Balaban J connectivity index is 2.55. The Labute approximate surface area is 94.6 Å². The van der Waals surface area contributed by atoms with E-state index in [2.05, 4.69) is 4.74 Å². The molecule has 0 aromatic heterocycles. The van der Waals surface area contributed by atoms with Crippen LogP contribution in [0.4, 0.5) is 0 Å². The molecule has 0 radical (unpaired) electrons. The molecule has 0 spiro atoms. The van der Waals surface area contributed by atoms with E-state index in [4.69, 9.17) is 5.21 Å². The first kappa shape index (κ1) is 12.8. The molecular weight excluding hydrogens is 229 g/mol. The van der Waals surface area contributed by atoms with Crippen LogP contribution in [0.3, 0.4) is 0 Å². The van der Waals surface area contributed by atoms with Crippen LogP contribution in [0.1, 0.15) is 5.56 Å². The SMILES string of the molecule is O=PCOC(=O)[C@H](Cc1ccccc1)NO. The molecule has 0 aliphatic heterocycles. The summed E-state index contributed by atoms with van der Waals surface area (Å²) in [5.41, 5.74) is 2.77. The molecule has 1 rings (SSSR count). The molecule has 0 aliphatic carbocycles. The van der Waals surface area contributed by atoms with Gasteiger partial charge < -0.3 is 9.94 Å². The summed E-state index contributed by atoms with van der Waals surface area (Å²) in [6, 6.07) is 8.37. The summed E-state index contributed by atoms with van der Waals surface area (Å²) in [5, 5.41) is 8.83. The van der Waals surface area contributed by atoms with Crippen molar-refractivity contribution in [1.29, 1.82) is 0 Å². The molecule has 16 heavy (non-hydrogen) atoms. The van der Waals surface area contributed by atoms with Crippen LogP contribution in [0.25, 0.3) is 0 Å². The van der Waals surface area contributed by atoms with Crippen LogP contribution >= 0.6 is 8.46 Å². The van der Waals surface area contributed by atoms with Crippen LogP contribution in [0.5, 0.6) is 0 Å². The number of carbonyl (C=O) groups excluding carboxylic acids is 1. The van der Waals surface area contributed by atoms with E-state index < -0.39 is 12.0 Å². The van der Waals surface area contributed by atoms with Crippen LogP contribution in [0, 0.1) is 0 Å². The lowest BCUT2D eigenvalue weighted by molar-refractivity contribution is -0.146. The lowest BCUT2D eigenvalue weighted by Crippen LogP contribution is -2.37. The van der Waals surface area contributed by atoms with Gasteiger partial charge in [0.15, 0.2) is 14.8 Å². The van der Waals surface area contributed by atoms with Gasteiger partial charge in [-0.05, 0) is 5.56 Å². The summed E-state index contributed by atoms with van der Waals surface area (Å²) >= 11 is 0. The van der Waals surface area contributed by atoms with Gasteiger partial charge in [-0.25, -0.2) is 0 Å². The summed E-state index contributed by atoms with van der Waals surface area (Å²) < 4.78 is 14.7. The lowest BCUT2D eigenvalue weighted by atomic mass is 10.1. The molecule has 0 saturated carbocycles. The Morgan fingerprint density at radius 1 is 1.44 bits per heavy atom. The van der Waals surface area contributed by atoms with Crippen molar-refractivity contribution >= 4 is 14.4 Å². The molecule has 1 atom stereocenters. The van der Waals surface area contributed by atoms with E-state index >= 15 is 0 Å². The highest BCUT2D eigenvalue weighted by molar-refractivity contribution is 7.23. The average Bonchev–Trinajstić information content (AvgIpc) is 2.34. The highest BCUT2D eigenvalue weighted by Crippen LogP contribution is 2.05. The summed E-state index contributed by atoms with van der Waals surface area (Å²) in [6.45, 7) is 0. The minimum absolute atomic E-state index is 0.203. The standard InChI is InChI=1S/C10H12NO4P/c12-10(15-7-16-14)9(11-13)6-8-4-2-1-3-5-8/h1-5,9,11,13H,6-7H2/t9-/m0/s1. The zero-order valence-corrected chi connectivity index (χ0v) is 9.39. The number of rotatable bonds is 6. The molecular formula is C10H12NO4P. The van der Waals surface area contributed by atoms with E-state index in [0.29, 0.717) is 6.42 Å². The van der Waals surface area contributed by atoms with Crippen molar-refractivity contribution in [3.8, 4) is 0 Å². The molecule has 0 saturated heterocycles. The van der Waals surface area contributed by atoms with E-state index in [-0.39, 0.29) is 14.8 Å². The fraction of sp³-hybridized carbons (Fsp3) is 0.300. The van der Waals surface area contributed by atoms with Crippen molar-refractivity contribution in [2.75, 3.05) is 6.35 Å². The molecule has 2 N–H and O–H groups in total. The third-order valence-electron chi connectivity index (χ3n) is 1.98. The van der Waals surface area contributed by atoms with E-state index in [9.17, 15) is 9.36 Å². The Bertz CT molecular complexity index is 344. The van der Waals surface area contributed by atoms with Gasteiger partial charge in [0.25, 0.3) is 0 Å². The Morgan fingerprint density at radius 3 is 2.69 bits per heavy atom. The molecule has 5 nitrogen and oxygen atoms in total. The third-order valence-corrected chi connectivity index (χ3v) is 2.22. The molecule has 0 unspecified atom stereocenters. The topological polar surface area (TPSA) is 75.6 Å². The first-order valence-electron chi connectivity index (χ1n) is 4.67. The van der Waals surface area contributed by atoms with Crippen molar-refractivity contribution in [2.45, 2.75) is 12.5 Å². The van der Waals surface area contributed by atoms with E-state index in [1.807, 2.05) is 35.8 Å². The second-order valence-corrected chi connectivity index (χ2v) is 3.61. The van der Waals surface area contributed by atoms with Gasteiger partial charge in [-0.15, -0.1) is 0 Å². The van der Waals surface area contributed by atoms with Crippen LogP contribution in [-0.4, -0.2) is 23.6 Å². The Morgan fingerprint density at radius 2 is 2.12 bits per heavy atom. The van der Waals surface area contributed by atoms with E-state index in [1.165, 1.54) is 0 Å². The van der Waals surface area contributed by atoms with Gasteiger partial charge in [0, 0.05) is 6.42 Å². The van der Waals surface area contributed by atoms with Gasteiger partial charge in [-0.2, -0.15) is 5.48 Å². The maximum absolute atomic E-state index is 11.3. The second-order valence-electron chi connectivity index (χ2n) is 3.09. The largest absolute Gasteiger partial charge is 0.452 e. The molecule has 1 aromatic carbocycles. The van der Waals surface area contributed by atoms with Crippen molar-refractivity contribution in [3.63, 3.8) is 0 Å². The second kappa shape index (κ2) is 7.06. The predicted octanol–water partition coefficient (Wildman–Crippen LogP) is 1.37. The molecule has 0 heterocycles. The molecule has 0 aliphatic rings. The Kier molecular flexibility index (Phi) is 5.64. The van der Waals surface area contributed by atoms with Crippen LogP contribution in [0.15, 0.2) is 30.3 Å². The first-order valence-corrected chi connectivity index (χ1v) is 5.67. The van der Waals surface area contributed by atoms with Gasteiger partial charge in [0.2, 0.25) is 0 Å². The van der Waals surface area contributed by atoms with E-state index in [1.54, 1.807) is 0 Å². The quantitative estimate of drug-likeness (QED) is 0.447. The summed E-state index contributed by atoms with van der Waals surface area (Å²) in [4.78, 5) is 11.3. The van der Waals surface area contributed by atoms with Crippen molar-refractivity contribution in [3.05, 3.63) is 35.9 Å². The summed E-state index contributed by atoms with van der Waals surface area (Å²) in [6.07, 6.45) is 0.109. The van der Waals surface area contributed by atoms with Crippen LogP contribution in [-0.2, 0) is 20.5 Å². The van der Waals surface area contributed by atoms with Crippen molar-refractivity contribution in [2.24, 2.45) is 0 Å². The molecule has 6 heteroatoms. The van der Waals surface area contributed by atoms with Gasteiger partial charge in [-0.1, -0.05) is 30.3 Å². The number of benzene rings is 1. The predicted molar refractivity (Wildman–Crippen MR) is 57.4 cm³/mol. The van der Waals surface area contributed by atoms with Gasteiger partial charge in [0.1, 0.15) is 6.04 Å². The fourth-order valence-corrected chi connectivity index (χ4v) is 1.40. The van der Waals surface area contributed by atoms with Gasteiger partial charge >= 0.3 is 5.97 Å². The summed E-state index contributed by atoms with van der Waals surface area (Å²) in [5.74, 6) is -0.630. The third kappa shape index (κ3) is 4.06. The number of carbonyl (C=O) groups is 1. The highest BCUT2D eigenvalue weighted by atomic mass is 31.1. The monoisotopic (exact) mass is 241 g/mol. The molecule has 0 bridgehead atoms. The van der Waals surface area contributed by atoms with Crippen LogP contribution < -0.4 is 5.48 Å². The highest BCUT2D eigenvalue weighted by Gasteiger charge is 2.19. The maximum atomic E-state index is 11.3. The zero-order chi connectivity index (χ0) is 11.8. The number of esters is 1. The number of nitrogens with one attached hydrogen (secondary N) is 1. The van der Waals surface area contributed by atoms with Crippen molar-refractivity contribution < 1.29 is 19.3 Å². The van der Waals surface area contributed by atoms with Gasteiger partial charge in [-0.3, -0.25) is 9.36 Å². The molecule has 1 aromatic rings. The zero-order valence-electron chi connectivity index (χ0n) is 8.50. The fourth-order valence-electron chi connectivity index (χ4n) is 1.22. The molecule has 0 fully saturated rings. The first-order chi connectivity index (χ1) is 7.77. The van der Waals surface area contributed by atoms with Crippen LogP contribution in [0.2, 0.25) is 0 Å². The Hall–Kier alpha value is -1.29. The van der Waals surface area contributed by atoms with Gasteiger partial charge in [0.05, 0.1) is 0 Å². The summed E-state index contributed by atoms with van der Waals surface area (Å²) in [7, 11) is -0.264. The lowest BCUT2D eigenvalue weighted by Gasteiger charge is -2.12. The number of hydrogen-bond donors (Lipinski definition) is 2. The normalized spacial score (nSPS) is 12.3. The number of hydrogen-bond acceptors (Lipinski definition) is 5. The minimum atomic E-state index is -0.843. The number of hydroxylamine groups is 1. The number of ether oxygens (including phenoxy) is 1. The minimum Gasteiger partial charge on any atom is -0.452 e. The maximum Gasteiger partial charge on any atom is 0.326 e. The van der Waals surface area contributed by atoms with E-state index in [0.717, 1.165) is 5.56 Å².